The molecule has 0 radical (unpaired) electrons. The van der Waals surface area contributed by atoms with Crippen LogP contribution in [0.2, 0.25) is 0 Å². The van der Waals surface area contributed by atoms with E-state index in [-0.39, 0.29) is 43.2 Å². The molecule has 2 N–H and O–H groups in total. The molecule has 1 heterocycles. The molecule has 62 valence electrons. The Balaban J connectivity index is -0.000000124. The molecule has 0 saturated carbocycles. The van der Waals surface area contributed by atoms with E-state index in [9.17, 15) is 0 Å². The first-order valence-electron chi connectivity index (χ1n) is 2.31. The molecular weight excluding hydrogens is 211 g/mol. The molecule has 1 aromatic rings. The van der Waals surface area contributed by atoms with E-state index in [0.717, 1.165) is 0 Å². The number of aromatic nitrogens is 2. The molecule has 0 unspecified atom stereocenters. The third-order valence-electron chi connectivity index (χ3n) is 0.514. The van der Waals surface area contributed by atoms with Crippen molar-refractivity contribution in [1.29, 1.82) is 0 Å². The van der Waals surface area contributed by atoms with Crippen LogP contribution in [0.5, 0.6) is 0 Å². The average molecular weight is 217 g/mol. The Morgan fingerprint density at radius 1 is 1.42 bits per heavy atom. The molecule has 1 aromatic heterocycles. The number of aromatic amines is 1. The summed E-state index contributed by atoms with van der Waals surface area (Å²) in [6.45, 7) is 0. The summed E-state index contributed by atoms with van der Waals surface area (Å²) in [5.41, 5.74) is 0. The van der Waals surface area contributed by atoms with E-state index in [0.29, 0.717) is 0 Å². The zero-order chi connectivity index (χ0) is 7.82. The molecular formula is C4H6CaN2O4P+. The van der Waals surface area contributed by atoms with Gasteiger partial charge < -0.3 is 15.3 Å². The van der Waals surface area contributed by atoms with Crippen LogP contribution < -0.4 is 14.8 Å². The Bertz CT molecular complexity index is 157. The van der Waals surface area contributed by atoms with Crippen molar-refractivity contribution < 1.29 is 24.8 Å². The molecule has 0 aromatic carbocycles. The molecule has 0 spiro atoms. The van der Waals surface area contributed by atoms with Crippen LogP contribution >= 0.6 is 8.25 Å². The van der Waals surface area contributed by atoms with Crippen molar-refractivity contribution in [2.45, 2.75) is 0 Å². The SMILES string of the molecule is O=[P+]([O-])[O-].[Ca+2].[OH-].c1cnc[nH+]c1. The quantitative estimate of drug-likeness (QED) is 0.357. The Morgan fingerprint density at radius 2 is 1.92 bits per heavy atom. The molecule has 6 nitrogen and oxygen atoms in total. The van der Waals surface area contributed by atoms with Crippen molar-refractivity contribution in [2.75, 3.05) is 0 Å². The smallest absolute Gasteiger partial charge is 0.870 e. The van der Waals surface area contributed by atoms with E-state index in [1.54, 1.807) is 12.5 Å². The summed E-state index contributed by atoms with van der Waals surface area (Å²) < 4.78 is 8.48. The standard InChI is InChI=1S/C4H4N2.Ca.HO3P.H2O/c1-2-5-4-6-3-1;;1-4(2)3;/h1-4H;;(H,1,2,3);1H2/q;+2;;/p-1. The Hall–Kier alpha value is 0.320. The first-order chi connectivity index (χ1) is 4.73. The third-order valence-corrected chi connectivity index (χ3v) is 0.514. The topological polar surface area (TPSA) is 120 Å². The van der Waals surface area contributed by atoms with Gasteiger partial charge in [-0.1, -0.05) is 9.55 Å². The van der Waals surface area contributed by atoms with Crippen LogP contribution in [0.15, 0.2) is 24.8 Å². The van der Waals surface area contributed by atoms with Gasteiger partial charge in [0.05, 0.1) is 6.20 Å². The van der Waals surface area contributed by atoms with Gasteiger partial charge in [0.15, 0.2) is 0 Å². The molecule has 0 saturated heterocycles. The molecule has 0 aliphatic heterocycles. The minimum Gasteiger partial charge on any atom is -0.870 e. The Morgan fingerprint density at radius 3 is 2.00 bits per heavy atom. The first kappa shape index (κ1) is 18.2. The van der Waals surface area contributed by atoms with Gasteiger partial charge in [0.2, 0.25) is 0 Å². The van der Waals surface area contributed by atoms with Crippen molar-refractivity contribution >= 4 is 46.0 Å². The van der Waals surface area contributed by atoms with E-state index in [1.807, 2.05) is 12.3 Å². The first-order valence-corrected chi connectivity index (χ1v) is 3.40. The van der Waals surface area contributed by atoms with Crippen molar-refractivity contribution in [2.24, 2.45) is 0 Å². The molecule has 0 aliphatic rings. The van der Waals surface area contributed by atoms with E-state index < -0.39 is 8.25 Å². The minimum absolute atomic E-state index is 0. The average Bonchev–Trinajstić information content (AvgIpc) is 1.90. The van der Waals surface area contributed by atoms with Gasteiger partial charge in [-0.25, -0.2) is 0 Å². The van der Waals surface area contributed by atoms with Gasteiger partial charge in [-0.15, -0.1) is 0 Å². The molecule has 0 amide bonds. The Kier molecular flexibility index (Phi) is 21.0. The second kappa shape index (κ2) is 13.9. The van der Waals surface area contributed by atoms with E-state index >= 15 is 0 Å². The van der Waals surface area contributed by atoms with Gasteiger partial charge in [0.1, 0.15) is 6.20 Å². The van der Waals surface area contributed by atoms with Gasteiger partial charge in [0, 0.05) is 6.07 Å². The zero-order valence-electron chi connectivity index (χ0n) is 6.08. The van der Waals surface area contributed by atoms with Gasteiger partial charge in [-0.3, -0.25) is 4.98 Å². The number of rotatable bonds is 0. The van der Waals surface area contributed by atoms with Crippen LogP contribution in [0, 0.1) is 0 Å². The predicted octanol–water partition coefficient (Wildman–Crippen LogP) is -2.30. The summed E-state index contributed by atoms with van der Waals surface area (Å²) in [6, 6.07) is 1.83. The number of nitrogens with one attached hydrogen (secondary N) is 1. The second-order valence-corrected chi connectivity index (χ2v) is 1.62. The normalized spacial score (nSPS) is 6.17. The van der Waals surface area contributed by atoms with Crippen molar-refractivity contribution in [1.82, 2.24) is 4.98 Å². The van der Waals surface area contributed by atoms with Crippen LogP contribution in [-0.4, -0.2) is 48.2 Å². The fourth-order valence-electron chi connectivity index (χ4n) is 0.277. The summed E-state index contributed by atoms with van der Waals surface area (Å²) in [6.07, 6.45) is 5.16. The largest absolute Gasteiger partial charge is 2.00 e. The van der Waals surface area contributed by atoms with E-state index in [2.05, 4.69) is 9.97 Å². The fourth-order valence-corrected chi connectivity index (χ4v) is 0.277. The van der Waals surface area contributed by atoms with Crippen LogP contribution in [0.25, 0.3) is 0 Å². The van der Waals surface area contributed by atoms with Gasteiger partial charge >= 0.3 is 37.7 Å². The fraction of sp³-hybridized carbons (Fsp3) is 0. The second-order valence-electron chi connectivity index (χ2n) is 1.18. The summed E-state index contributed by atoms with van der Waals surface area (Å²) >= 11 is 0. The molecule has 1 rings (SSSR count). The maximum atomic E-state index is 8.48. The molecule has 0 atom stereocenters. The molecule has 12 heavy (non-hydrogen) atoms. The number of H-pyrrole nitrogens is 1. The molecule has 0 bridgehead atoms. The summed E-state index contributed by atoms with van der Waals surface area (Å²) in [7, 11) is -3.37. The maximum absolute atomic E-state index is 8.48. The van der Waals surface area contributed by atoms with Crippen molar-refractivity contribution in [3.05, 3.63) is 24.8 Å². The van der Waals surface area contributed by atoms with Crippen molar-refractivity contribution in [3.8, 4) is 0 Å². The third kappa shape index (κ3) is 22.4. The monoisotopic (exact) mass is 217 g/mol. The summed E-state index contributed by atoms with van der Waals surface area (Å²) in [5, 5.41) is 0. The number of nitrogens with zero attached hydrogens (tertiary/aromatic N) is 1. The van der Waals surface area contributed by atoms with Crippen LogP contribution in [0.3, 0.4) is 0 Å². The minimum atomic E-state index is -3.37. The summed E-state index contributed by atoms with van der Waals surface area (Å²) in [4.78, 5) is 23.5. The maximum Gasteiger partial charge on any atom is 2.00 e. The molecule has 0 aliphatic carbocycles. The molecule has 0 fully saturated rings. The number of hydrogen-bond acceptors (Lipinski definition) is 5. The van der Waals surface area contributed by atoms with Gasteiger partial charge in [0.25, 0.3) is 14.6 Å². The zero-order valence-corrected chi connectivity index (χ0v) is 9.19. The van der Waals surface area contributed by atoms with Gasteiger partial charge in [-0.05, 0) is 0 Å². The van der Waals surface area contributed by atoms with E-state index in [4.69, 9.17) is 14.4 Å². The summed E-state index contributed by atoms with van der Waals surface area (Å²) in [5.74, 6) is 0. The van der Waals surface area contributed by atoms with Crippen LogP contribution in [0.1, 0.15) is 0 Å². The van der Waals surface area contributed by atoms with Crippen LogP contribution in [0.4, 0.5) is 0 Å². The van der Waals surface area contributed by atoms with Gasteiger partial charge in [-0.2, -0.15) is 0 Å². The van der Waals surface area contributed by atoms with Crippen molar-refractivity contribution in [3.63, 3.8) is 0 Å². The Labute approximate surface area is 99.9 Å². The van der Waals surface area contributed by atoms with E-state index in [1.165, 1.54) is 0 Å². The predicted molar refractivity (Wildman–Crippen MR) is 36.1 cm³/mol. The molecule has 8 heteroatoms. The number of hydrogen-bond donors (Lipinski definition) is 0. The van der Waals surface area contributed by atoms with Crippen LogP contribution in [-0.2, 0) is 4.57 Å².